The van der Waals surface area contributed by atoms with E-state index in [2.05, 4.69) is 13.8 Å². The van der Waals surface area contributed by atoms with Crippen LogP contribution < -0.4 is 0 Å². The van der Waals surface area contributed by atoms with Crippen molar-refractivity contribution in [2.45, 2.75) is 95.8 Å². The van der Waals surface area contributed by atoms with Crippen LogP contribution in [-0.4, -0.2) is 38.1 Å². The molecule has 0 unspecified atom stereocenters. The smallest absolute Gasteiger partial charge is 0.340 e. The van der Waals surface area contributed by atoms with Gasteiger partial charge in [0.05, 0.1) is 24.3 Å². The molecule has 8 heteroatoms. The van der Waals surface area contributed by atoms with E-state index in [1.54, 1.807) is 0 Å². The van der Waals surface area contributed by atoms with E-state index < -0.39 is 32.5 Å². The quantitative estimate of drug-likeness (QED) is 0.170. The average Bonchev–Trinajstić information content (AvgIpc) is 2.76. The molecule has 0 radical (unpaired) electrons. The number of hydrogen-bond acceptors (Lipinski definition) is 6. The number of benzene rings is 1. The molecule has 0 aliphatic heterocycles. The number of rotatable bonds is 17. The first-order chi connectivity index (χ1) is 15.3. The molecule has 1 aromatic carbocycles. The molecule has 0 amide bonds. The monoisotopic (exact) mass is 470 g/mol. The van der Waals surface area contributed by atoms with Crippen LogP contribution in [0, 0.1) is 0 Å². The molecule has 0 aliphatic carbocycles. The summed E-state index contributed by atoms with van der Waals surface area (Å²) in [7, 11) is -4.73. The SMILES string of the molecule is CCCCCCCCOC(=O)c1cccc(S(=O)(=O)O)c1C(=O)OCCCCCCCC. The molecule has 0 saturated heterocycles. The molecule has 0 spiro atoms. The molecule has 1 N–H and O–H groups in total. The van der Waals surface area contributed by atoms with Crippen molar-refractivity contribution in [3.8, 4) is 0 Å². The van der Waals surface area contributed by atoms with Crippen LogP contribution in [0.3, 0.4) is 0 Å². The first-order valence-corrected chi connectivity index (χ1v) is 13.2. The Morgan fingerprint density at radius 2 is 1.22 bits per heavy atom. The van der Waals surface area contributed by atoms with Gasteiger partial charge in [0.25, 0.3) is 10.1 Å². The van der Waals surface area contributed by atoms with E-state index in [9.17, 15) is 22.6 Å². The van der Waals surface area contributed by atoms with E-state index in [1.165, 1.54) is 18.6 Å². The number of hydrogen-bond donors (Lipinski definition) is 1. The Hall–Kier alpha value is -1.93. The van der Waals surface area contributed by atoms with Gasteiger partial charge in [-0.05, 0) is 25.0 Å². The van der Waals surface area contributed by atoms with Gasteiger partial charge in [0.1, 0.15) is 4.90 Å². The summed E-state index contributed by atoms with van der Waals surface area (Å²) in [5.41, 5.74) is -0.701. The first-order valence-electron chi connectivity index (χ1n) is 11.8. The van der Waals surface area contributed by atoms with E-state index in [-0.39, 0.29) is 18.8 Å². The minimum atomic E-state index is -4.73. The summed E-state index contributed by atoms with van der Waals surface area (Å²) >= 11 is 0. The van der Waals surface area contributed by atoms with Gasteiger partial charge in [-0.3, -0.25) is 4.55 Å². The summed E-state index contributed by atoms with van der Waals surface area (Å²) in [6.07, 6.45) is 12.1. The highest BCUT2D eigenvalue weighted by molar-refractivity contribution is 7.86. The Bertz CT molecular complexity index is 803. The third kappa shape index (κ3) is 10.6. The second kappa shape index (κ2) is 15.8. The van der Waals surface area contributed by atoms with Crippen molar-refractivity contribution in [2.75, 3.05) is 13.2 Å². The average molecular weight is 471 g/mol. The van der Waals surface area contributed by atoms with E-state index in [0.717, 1.165) is 63.9 Å². The molecule has 182 valence electrons. The van der Waals surface area contributed by atoms with Crippen molar-refractivity contribution >= 4 is 22.1 Å². The fourth-order valence-corrected chi connectivity index (χ4v) is 4.07. The summed E-state index contributed by atoms with van der Waals surface area (Å²) in [5, 5.41) is 0. The predicted octanol–water partition coefficient (Wildman–Crippen LogP) is 5.97. The van der Waals surface area contributed by atoms with Crippen LogP contribution >= 0.6 is 0 Å². The van der Waals surface area contributed by atoms with E-state index in [1.807, 2.05) is 0 Å². The normalized spacial score (nSPS) is 11.3. The number of esters is 2. The van der Waals surface area contributed by atoms with Crippen LogP contribution in [0.2, 0.25) is 0 Å². The number of carbonyl (C=O) groups is 2. The lowest BCUT2D eigenvalue weighted by molar-refractivity contribution is 0.0446. The van der Waals surface area contributed by atoms with E-state index >= 15 is 0 Å². The van der Waals surface area contributed by atoms with Crippen LogP contribution in [0.15, 0.2) is 23.1 Å². The van der Waals surface area contributed by atoms with Crippen LogP contribution in [0.5, 0.6) is 0 Å². The summed E-state index contributed by atoms with van der Waals surface area (Å²) < 4.78 is 43.6. The minimum absolute atomic E-state index is 0.108. The van der Waals surface area contributed by atoms with Crippen molar-refractivity contribution in [1.29, 1.82) is 0 Å². The molecule has 0 bridgehead atoms. The minimum Gasteiger partial charge on any atom is -0.462 e. The number of ether oxygens (including phenoxy) is 2. The van der Waals surface area contributed by atoms with Crippen molar-refractivity contribution in [3.63, 3.8) is 0 Å². The van der Waals surface area contributed by atoms with Gasteiger partial charge in [0, 0.05) is 0 Å². The van der Waals surface area contributed by atoms with Gasteiger partial charge in [-0.1, -0.05) is 84.1 Å². The summed E-state index contributed by atoms with van der Waals surface area (Å²) in [5.74, 6) is -1.77. The zero-order valence-electron chi connectivity index (χ0n) is 19.4. The Labute approximate surface area is 192 Å². The van der Waals surface area contributed by atoms with Crippen LogP contribution in [0.4, 0.5) is 0 Å². The highest BCUT2D eigenvalue weighted by atomic mass is 32.2. The van der Waals surface area contributed by atoms with Crippen molar-refractivity contribution in [3.05, 3.63) is 29.3 Å². The van der Waals surface area contributed by atoms with Gasteiger partial charge in [-0.25, -0.2) is 9.59 Å². The number of unbranched alkanes of at least 4 members (excludes halogenated alkanes) is 10. The Kier molecular flexibility index (Phi) is 13.9. The molecule has 0 saturated carbocycles. The zero-order valence-corrected chi connectivity index (χ0v) is 20.3. The lowest BCUT2D eigenvalue weighted by Crippen LogP contribution is -2.19. The standard InChI is InChI=1S/C24H38O7S/c1-3-5-7-9-11-13-18-30-23(25)20-16-15-17-21(32(27,28)29)22(20)24(26)31-19-14-12-10-8-6-4-2/h15-17H,3-14,18-19H2,1-2H3,(H,27,28,29). The van der Waals surface area contributed by atoms with Gasteiger partial charge in [0.2, 0.25) is 0 Å². The van der Waals surface area contributed by atoms with Gasteiger partial charge < -0.3 is 9.47 Å². The number of carbonyl (C=O) groups excluding carboxylic acids is 2. The summed E-state index contributed by atoms with van der Waals surface area (Å²) in [4.78, 5) is 24.5. The van der Waals surface area contributed by atoms with Crippen LogP contribution in [0.1, 0.15) is 112 Å². The topological polar surface area (TPSA) is 107 Å². The van der Waals surface area contributed by atoms with Crippen LogP contribution in [-0.2, 0) is 19.6 Å². The molecule has 0 aliphatic rings. The highest BCUT2D eigenvalue weighted by Crippen LogP contribution is 2.22. The molecule has 1 aromatic rings. The van der Waals surface area contributed by atoms with Gasteiger partial charge in [0.15, 0.2) is 0 Å². The van der Waals surface area contributed by atoms with Gasteiger partial charge in [-0.15, -0.1) is 0 Å². The third-order valence-electron chi connectivity index (χ3n) is 5.19. The van der Waals surface area contributed by atoms with E-state index in [0.29, 0.717) is 12.8 Å². The second-order valence-electron chi connectivity index (χ2n) is 7.96. The summed E-state index contributed by atoms with van der Waals surface area (Å²) in [6.45, 7) is 4.55. The molecule has 7 nitrogen and oxygen atoms in total. The second-order valence-corrected chi connectivity index (χ2v) is 9.35. The molecule has 0 atom stereocenters. The molecular formula is C24H38O7S. The Balaban J connectivity index is 2.76. The van der Waals surface area contributed by atoms with Crippen molar-refractivity contribution in [1.82, 2.24) is 0 Å². The Morgan fingerprint density at radius 1 is 0.750 bits per heavy atom. The fraction of sp³-hybridized carbons (Fsp3) is 0.667. The third-order valence-corrected chi connectivity index (χ3v) is 6.09. The largest absolute Gasteiger partial charge is 0.462 e. The molecule has 0 aromatic heterocycles. The molecule has 0 fully saturated rings. The Morgan fingerprint density at radius 3 is 1.72 bits per heavy atom. The van der Waals surface area contributed by atoms with E-state index in [4.69, 9.17) is 9.47 Å². The molecular weight excluding hydrogens is 432 g/mol. The summed E-state index contributed by atoms with van der Waals surface area (Å²) in [6, 6.07) is 3.66. The first kappa shape index (κ1) is 28.1. The zero-order chi connectivity index (χ0) is 23.8. The molecule has 0 heterocycles. The maximum Gasteiger partial charge on any atom is 0.340 e. The van der Waals surface area contributed by atoms with Gasteiger partial charge >= 0.3 is 11.9 Å². The van der Waals surface area contributed by atoms with Crippen LogP contribution in [0.25, 0.3) is 0 Å². The maximum atomic E-state index is 12.6. The van der Waals surface area contributed by atoms with Crippen molar-refractivity contribution in [2.24, 2.45) is 0 Å². The maximum absolute atomic E-state index is 12.6. The lowest BCUT2D eigenvalue weighted by Gasteiger charge is -2.13. The molecule has 32 heavy (non-hydrogen) atoms. The highest BCUT2D eigenvalue weighted by Gasteiger charge is 2.28. The molecule has 1 rings (SSSR count). The van der Waals surface area contributed by atoms with Crippen molar-refractivity contribution < 1.29 is 32.0 Å². The van der Waals surface area contributed by atoms with Gasteiger partial charge in [-0.2, -0.15) is 8.42 Å². The lowest BCUT2D eigenvalue weighted by atomic mass is 10.1. The predicted molar refractivity (Wildman–Crippen MR) is 124 cm³/mol. The fourth-order valence-electron chi connectivity index (χ4n) is 3.37.